The van der Waals surface area contributed by atoms with E-state index in [2.05, 4.69) is 68.7 Å². The standard InChI is InChI=1S/C30H33N3O2/c1-20-10-7-14-26(22(20)3)33-19-24(18-29(33)34)30-31-25-12-5-6-13-27(25)32(30)16-9-17-35-28-15-8-11-21(2)23(28)4/h5-8,10-15,24H,9,16-19H2,1-4H3. The van der Waals surface area contributed by atoms with E-state index in [4.69, 9.17) is 9.72 Å². The van der Waals surface area contributed by atoms with Crippen LogP contribution in [0.2, 0.25) is 0 Å². The second-order valence-corrected chi connectivity index (χ2v) is 9.63. The third-order valence-electron chi connectivity index (χ3n) is 7.38. The van der Waals surface area contributed by atoms with Crippen LogP contribution in [0.1, 0.15) is 46.8 Å². The van der Waals surface area contributed by atoms with Crippen LogP contribution in [-0.2, 0) is 11.3 Å². The molecule has 0 spiro atoms. The highest BCUT2D eigenvalue weighted by Gasteiger charge is 2.35. The van der Waals surface area contributed by atoms with Gasteiger partial charge in [0.15, 0.2) is 0 Å². The molecule has 1 aliphatic heterocycles. The number of imidazole rings is 1. The minimum atomic E-state index is 0.0646. The van der Waals surface area contributed by atoms with E-state index in [0.29, 0.717) is 19.6 Å². The number of carbonyl (C=O) groups excluding carboxylic acids is 1. The number of aryl methyl sites for hydroxylation is 3. The van der Waals surface area contributed by atoms with Gasteiger partial charge < -0.3 is 14.2 Å². The Morgan fingerprint density at radius 3 is 2.49 bits per heavy atom. The highest BCUT2D eigenvalue weighted by Crippen LogP contribution is 2.35. The summed E-state index contributed by atoms with van der Waals surface area (Å²) in [5, 5.41) is 0. The van der Waals surface area contributed by atoms with Gasteiger partial charge in [0.25, 0.3) is 0 Å². The molecule has 0 saturated carbocycles. The van der Waals surface area contributed by atoms with E-state index in [1.807, 2.05) is 29.2 Å². The van der Waals surface area contributed by atoms with Crippen LogP contribution in [0.15, 0.2) is 60.7 Å². The molecule has 0 bridgehead atoms. The Morgan fingerprint density at radius 2 is 1.66 bits per heavy atom. The first-order valence-electron chi connectivity index (χ1n) is 12.4. The fourth-order valence-electron chi connectivity index (χ4n) is 5.07. The molecule has 5 rings (SSSR count). The summed E-state index contributed by atoms with van der Waals surface area (Å²) in [7, 11) is 0. The molecule has 1 fully saturated rings. The molecule has 5 nitrogen and oxygen atoms in total. The number of aromatic nitrogens is 2. The first-order valence-corrected chi connectivity index (χ1v) is 12.4. The number of rotatable bonds is 7. The number of anilines is 1. The maximum atomic E-state index is 13.1. The lowest BCUT2D eigenvalue weighted by atomic mass is 10.1. The van der Waals surface area contributed by atoms with Gasteiger partial charge in [-0.15, -0.1) is 0 Å². The molecule has 1 atom stereocenters. The summed E-state index contributed by atoms with van der Waals surface area (Å²) in [6.07, 6.45) is 1.35. The summed E-state index contributed by atoms with van der Waals surface area (Å²) in [6.45, 7) is 10.5. The number of fused-ring (bicyclic) bond motifs is 1. The van der Waals surface area contributed by atoms with Crippen molar-refractivity contribution in [2.45, 2.75) is 53.0 Å². The number of benzene rings is 3. The first-order chi connectivity index (χ1) is 16.9. The molecule has 1 aromatic heterocycles. The van der Waals surface area contributed by atoms with Crippen LogP contribution >= 0.6 is 0 Å². The van der Waals surface area contributed by atoms with Crippen LogP contribution in [0, 0.1) is 27.7 Å². The summed E-state index contributed by atoms with van der Waals surface area (Å²) in [5.41, 5.74) is 7.92. The molecule has 1 amide bonds. The van der Waals surface area contributed by atoms with Crippen molar-refractivity contribution in [2.75, 3.05) is 18.1 Å². The second kappa shape index (κ2) is 9.57. The van der Waals surface area contributed by atoms with E-state index >= 15 is 0 Å². The van der Waals surface area contributed by atoms with Gasteiger partial charge in [0, 0.05) is 31.1 Å². The van der Waals surface area contributed by atoms with E-state index in [-0.39, 0.29) is 11.8 Å². The fourth-order valence-corrected chi connectivity index (χ4v) is 5.07. The average molecular weight is 468 g/mol. The lowest BCUT2D eigenvalue weighted by Gasteiger charge is -2.20. The van der Waals surface area contributed by atoms with Gasteiger partial charge >= 0.3 is 0 Å². The van der Waals surface area contributed by atoms with Crippen molar-refractivity contribution < 1.29 is 9.53 Å². The number of hydrogen-bond donors (Lipinski definition) is 0. The van der Waals surface area contributed by atoms with Gasteiger partial charge in [0.2, 0.25) is 5.91 Å². The summed E-state index contributed by atoms with van der Waals surface area (Å²) < 4.78 is 8.41. The predicted molar refractivity (Wildman–Crippen MR) is 141 cm³/mol. The molecular weight excluding hydrogens is 434 g/mol. The predicted octanol–water partition coefficient (Wildman–Crippen LogP) is 6.26. The zero-order valence-corrected chi connectivity index (χ0v) is 21.0. The fraction of sp³-hybridized carbons (Fsp3) is 0.333. The van der Waals surface area contributed by atoms with Crippen molar-refractivity contribution in [3.05, 3.63) is 88.7 Å². The lowest BCUT2D eigenvalue weighted by Crippen LogP contribution is -2.25. The average Bonchev–Trinajstić information content (AvgIpc) is 3.41. The normalized spacial score (nSPS) is 15.8. The van der Waals surface area contributed by atoms with Crippen molar-refractivity contribution in [3.63, 3.8) is 0 Å². The van der Waals surface area contributed by atoms with E-state index in [1.165, 1.54) is 22.3 Å². The van der Waals surface area contributed by atoms with Crippen LogP contribution in [-0.4, -0.2) is 28.6 Å². The van der Waals surface area contributed by atoms with Gasteiger partial charge in [-0.2, -0.15) is 0 Å². The van der Waals surface area contributed by atoms with Gasteiger partial charge in [-0.25, -0.2) is 4.98 Å². The van der Waals surface area contributed by atoms with Crippen LogP contribution < -0.4 is 9.64 Å². The third kappa shape index (κ3) is 4.43. The van der Waals surface area contributed by atoms with Crippen molar-refractivity contribution in [1.29, 1.82) is 0 Å². The number of nitrogens with zero attached hydrogens (tertiary/aromatic N) is 3. The molecule has 0 radical (unpaired) electrons. The largest absolute Gasteiger partial charge is 0.493 e. The molecule has 0 N–H and O–H groups in total. The van der Waals surface area contributed by atoms with Crippen molar-refractivity contribution in [2.24, 2.45) is 0 Å². The van der Waals surface area contributed by atoms with Crippen LogP contribution in [0.4, 0.5) is 5.69 Å². The summed E-state index contributed by atoms with van der Waals surface area (Å²) in [5.74, 6) is 2.18. The minimum Gasteiger partial charge on any atom is -0.493 e. The van der Waals surface area contributed by atoms with Crippen molar-refractivity contribution in [3.8, 4) is 5.75 Å². The van der Waals surface area contributed by atoms with Crippen LogP contribution in [0.5, 0.6) is 5.75 Å². The molecule has 2 heterocycles. The monoisotopic (exact) mass is 467 g/mol. The quantitative estimate of drug-likeness (QED) is 0.301. The Morgan fingerprint density at radius 1 is 0.914 bits per heavy atom. The van der Waals surface area contributed by atoms with Gasteiger partial charge in [0.05, 0.1) is 17.6 Å². The molecule has 4 aromatic rings. The van der Waals surface area contributed by atoms with Gasteiger partial charge in [-0.3, -0.25) is 4.79 Å². The molecule has 3 aromatic carbocycles. The van der Waals surface area contributed by atoms with Crippen molar-refractivity contribution >= 4 is 22.6 Å². The Kier molecular flexibility index (Phi) is 6.33. The topological polar surface area (TPSA) is 47.4 Å². The molecule has 35 heavy (non-hydrogen) atoms. The van der Waals surface area contributed by atoms with Crippen molar-refractivity contribution in [1.82, 2.24) is 9.55 Å². The number of amides is 1. The third-order valence-corrected chi connectivity index (χ3v) is 7.38. The molecule has 5 heteroatoms. The summed E-state index contributed by atoms with van der Waals surface area (Å²) in [6, 6.07) is 20.6. The van der Waals surface area contributed by atoms with Gasteiger partial charge in [-0.05, 0) is 80.6 Å². The summed E-state index contributed by atoms with van der Waals surface area (Å²) in [4.78, 5) is 20.0. The second-order valence-electron chi connectivity index (χ2n) is 9.63. The molecule has 180 valence electrons. The molecular formula is C30H33N3O2. The van der Waals surface area contributed by atoms with E-state index in [0.717, 1.165) is 41.3 Å². The highest BCUT2D eigenvalue weighted by atomic mass is 16.5. The van der Waals surface area contributed by atoms with Gasteiger partial charge in [-0.1, -0.05) is 36.4 Å². The Balaban J connectivity index is 1.36. The minimum absolute atomic E-state index is 0.0646. The van der Waals surface area contributed by atoms with E-state index in [9.17, 15) is 4.79 Å². The Bertz CT molecular complexity index is 1390. The molecule has 1 saturated heterocycles. The Labute approximate surface area is 207 Å². The molecule has 0 aliphatic carbocycles. The van der Waals surface area contributed by atoms with Crippen LogP contribution in [0.25, 0.3) is 11.0 Å². The number of ether oxygens (including phenoxy) is 1. The first kappa shape index (κ1) is 23.2. The number of para-hydroxylation sites is 2. The van der Waals surface area contributed by atoms with E-state index < -0.39 is 0 Å². The van der Waals surface area contributed by atoms with E-state index in [1.54, 1.807) is 0 Å². The number of hydrogen-bond acceptors (Lipinski definition) is 3. The SMILES string of the molecule is Cc1cccc(OCCCn2c(C3CC(=O)N(c4cccc(C)c4C)C3)nc3ccccc32)c1C. The van der Waals surface area contributed by atoms with Crippen LogP contribution in [0.3, 0.4) is 0 Å². The zero-order chi connectivity index (χ0) is 24.5. The van der Waals surface area contributed by atoms with Gasteiger partial charge in [0.1, 0.15) is 11.6 Å². The smallest absolute Gasteiger partial charge is 0.227 e. The lowest BCUT2D eigenvalue weighted by molar-refractivity contribution is -0.117. The number of carbonyl (C=O) groups is 1. The summed E-state index contributed by atoms with van der Waals surface area (Å²) >= 11 is 0. The molecule has 1 unspecified atom stereocenters. The Hall–Kier alpha value is -3.60. The molecule has 1 aliphatic rings. The maximum absolute atomic E-state index is 13.1. The zero-order valence-electron chi connectivity index (χ0n) is 21.0. The highest BCUT2D eigenvalue weighted by molar-refractivity contribution is 5.97. The maximum Gasteiger partial charge on any atom is 0.227 e.